The van der Waals surface area contributed by atoms with Crippen molar-refractivity contribution in [2.75, 3.05) is 6.54 Å². The Morgan fingerprint density at radius 1 is 1.07 bits per heavy atom. The van der Waals surface area contributed by atoms with Crippen molar-refractivity contribution in [3.63, 3.8) is 0 Å². The van der Waals surface area contributed by atoms with Crippen LogP contribution in [0.5, 0.6) is 5.75 Å². The number of phenolic OH excluding ortho intramolecular Hbond substituents is 1. The molecule has 2 unspecified atom stereocenters. The second-order valence-electron chi connectivity index (χ2n) is 7.56. The SMILES string of the molecule is O=C(OC1C[C@H]2CC[C@@H](C1)N2CC(O)c1cccc(O)c1)c1ccccc1. The summed E-state index contributed by atoms with van der Waals surface area (Å²) < 4.78 is 5.75. The summed E-state index contributed by atoms with van der Waals surface area (Å²) in [4.78, 5) is 14.7. The number of benzene rings is 2. The first-order valence-corrected chi connectivity index (χ1v) is 9.59. The maximum Gasteiger partial charge on any atom is 0.338 e. The van der Waals surface area contributed by atoms with E-state index in [9.17, 15) is 15.0 Å². The van der Waals surface area contributed by atoms with Crippen LogP contribution in [0.1, 0.15) is 47.7 Å². The van der Waals surface area contributed by atoms with Gasteiger partial charge in [-0.2, -0.15) is 0 Å². The summed E-state index contributed by atoms with van der Waals surface area (Å²) in [5, 5.41) is 20.2. The number of rotatable bonds is 5. The Morgan fingerprint density at radius 2 is 1.78 bits per heavy atom. The first-order valence-electron chi connectivity index (χ1n) is 9.59. The Labute approximate surface area is 159 Å². The Balaban J connectivity index is 1.37. The van der Waals surface area contributed by atoms with Gasteiger partial charge in [0.2, 0.25) is 0 Å². The zero-order valence-corrected chi connectivity index (χ0v) is 15.2. The Kier molecular flexibility index (Phi) is 5.14. The molecule has 0 aromatic heterocycles. The minimum Gasteiger partial charge on any atom is -0.508 e. The number of nitrogens with zero attached hydrogens (tertiary/aromatic N) is 1. The maximum absolute atomic E-state index is 12.3. The highest BCUT2D eigenvalue weighted by Crippen LogP contribution is 2.38. The number of ether oxygens (including phenoxy) is 1. The van der Waals surface area contributed by atoms with Gasteiger partial charge in [0.25, 0.3) is 0 Å². The number of aliphatic hydroxyl groups is 1. The molecule has 2 saturated heterocycles. The molecular formula is C22H25NO4. The lowest BCUT2D eigenvalue weighted by Gasteiger charge is -2.39. The molecule has 2 bridgehead atoms. The average molecular weight is 367 g/mol. The summed E-state index contributed by atoms with van der Waals surface area (Å²) in [5.74, 6) is -0.0886. The van der Waals surface area contributed by atoms with Crippen LogP contribution >= 0.6 is 0 Å². The lowest BCUT2D eigenvalue weighted by atomic mass is 9.98. The van der Waals surface area contributed by atoms with Crippen LogP contribution < -0.4 is 0 Å². The van der Waals surface area contributed by atoms with Crippen molar-refractivity contribution in [1.29, 1.82) is 0 Å². The average Bonchev–Trinajstić information content (AvgIpc) is 2.90. The Morgan fingerprint density at radius 3 is 2.44 bits per heavy atom. The fourth-order valence-electron chi connectivity index (χ4n) is 4.45. The van der Waals surface area contributed by atoms with E-state index < -0.39 is 6.10 Å². The minimum atomic E-state index is -0.636. The van der Waals surface area contributed by atoms with Crippen LogP contribution in [0.25, 0.3) is 0 Å². The van der Waals surface area contributed by atoms with Gasteiger partial charge in [-0.3, -0.25) is 4.90 Å². The molecule has 5 heteroatoms. The quantitative estimate of drug-likeness (QED) is 0.794. The highest BCUT2D eigenvalue weighted by molar-refractivity contribution is 5.89. The third-order valence-electron chi connectivity index (χ3n) is 5.76. The van der Waals surface area contributed by atoms with Crippen molar-refractivity contribution < 1.29 is 19.7 Å². The molecule has 2 N–H and O–H groups in total. The standard InChI is InChI=1S/C22H25NO4/c24-19-8-4-7-16(11-19)21(25)14-23-17-9-10-18(23)13-20(12-17)27-22(26)15-5-2-1-3-6-15/h1-8,11,17-18,20-21,24-25H,9-10,12-14H2/t17-,18+,20?,21?. The highest BCUT2D eigenvalue weighted by atomic mass is 16.5. The zero-order valence-electron chi connectivity index (χ0n) is 15.2. The number of carbonyl (C=O) groups is 1. The maximum atomic E-state index is 12.3. The molecule has 2 aromatic rings. The number of phenols is 1. The number of aliphatic hydroxyl groups excluding tert-OH is 1. The van der Waals surface area contributed by atoms with Crippen molar-refractivity contribution >= 4 is 5.97 Å². The van der Waals surface area contributed by atoms with E-state index >= 15 is 0 Å². The number of hydrogen-bond donors (Lipinski definition) is 2. The summed E-state index contributed by atoms with van der Waals surface area (Å²) in [6, 6.07) is 16.6. The molecule has 5 nitrogen and oxygen atoms in total. The molecule has 4 rings (SSSR count). The van der Waals surface area contributed by atoms with Crippen LogP contribution in [-0.4, -0.2) is 45.8 Å². The van der Waals surface area contributed by atoms with E-state index in [2.05, 4.69) is 4.90 Å². The molecule has 0 amide bonds. The molecule has 0 aliphatic carbocycles. The summed E-state index contributed by atoms with van der Waals surface area (Å²) in [7, 11) is 0. The number of esters is 1. The second kappa shape index (κ2) is 7.71. The molecule has 4 atom stereocenters. The van der Waals surface area contributed by atoms with Crippen molar-refractivity contribution in [1.82, 2.24) is 4.90 Å². The van der Waals surface area contributed by atoms with Crippen molar-refractivity contribution in [2.24, 2.45) is 0 Å². The first-order chi connectivity index (χ1) is 13.1. The van der Waals surface area contributed by atoms with Crippen LogP contribution in [0.4, 0.5) is 0 Å². The predicted octanol–water partition coefficient (Wildman–Crippen LogP) is 3.28. The van der Waals surface area contributed by atoms with Gasteiger partial charge in [0.05, 0.1) is 11.7 Å². The third kappa shape index (κ3) is 3.99. The van der Waals surface area contributed by atoms with Gasteiger partial charge in [-0.15, -0.1) is 0 Å². The van der Waals surface area contributed by atoms with Crippen LogP contribution in [0.2, 0.25) is 0 Å². The van der Waals surface area contributed by atoms with Gasteiger partial charge in [0.1, 0.15) is 11.9 Å². The first kappa shape index (κ1) is 18.0. The van der Waals surface area contributed by atoms with E-state index in [4.69, 9.17) is 4.74 Å². The zero-order chi connectivity index (χ0) is 18.8. The monoisotopic (exact) mass is 367 g/mol. The molecule has 27 heavy (non-hydrogen) atoms. The minimum absolute atomic E-state index is 0.0654. The molecule has 2 aromatic carbocycles. The lowest BCUT2D eigenvalue weighted by Crippen LogP contribution is -2.47. The van der Waals surface area contributed by atoms with E-state index in [1.807, 2.05) is 24.3 Å². The smallest absolute Gasteiger partial charge is 0.338 e. The van der Waals surface area contributed by atoms with Crippen LogP contribution in [0.3, 0.4) is 0 Å². The normalized spacial score (nSPS) is 25.9. The molecule has 2 aliphatic heterocycles. The third-order valence-corrected chi connectivity index (χ3v) is 5.76. The highest BCUT2D eigenvalue weighted by Gasteiger charge is 2.42. The van der Waals surface area contributed by atoms with Gasteiger partial charge in [-0.1, -0.05) is 30.3 Å². The number of hydrogen-bond acceptors (Lipinski definition) is 5. The summed E-state index contributed by atoms with van der Waals surface area (Å²) in [5.41, 5.74) is 1.32. The fraction of sp³-hybridized carbons (Fsp3) is 0.409. The molecule has 0 spiro atoms. The largest absolute Gasteiger partial charge is 0.508 e. The van der Waals surface area contributed by atoms with Gasteiger partial charge in [-0.05, 0) is 42.7 Å². The lowest BCUT2D eigenvalue weighted by molar-refractivity contribution is -0.0172. The number of piperidine rings is 1. The Bertz CT molecular complexity index is 780. The van der Waals surface area contributed by atoms with Crippen LogP contribution in [0, 0.1) is 0 Å². The van der Waals surface area contributed by atoms with Gasteiger partial charge < -0.3 is 14.9 Å². The number of carbonyl (C=O) groups excluding carboxylic acids is 1. The summed E-state index contributed by atoms with van der Waals surface area (Å²) >= 11 is 0. The van der Waals surface area contributed by atoms with Gasteiger partial charge in [0.15, 0.2) is 0 Å². The van der Waals surface area contributed by atoms with Gasteiger partial charge >= 0.3 is 5.97 Å². The molecule has 2 aliphatic rings. The molecule has 142 valence electrons. The topological polar surface area (TPSA) is 70.0 Å². The van der Waals surface area contributed by atoms with Crippen molar-refractivity contribution in [3.05, 3.63) is 65.7 Å². The van der Waals surface area contributed by atoms with Crippen molar-refractivity contribution in [3.8, 4) is 5.75 Å². The van der Waals surface area contributed by atoms with Crippen molar-refractivity contribution in [2.45, 2.75) is 50.0 Å². The summed E-state index contributed by atoms with van der Waals surface area (Å²) in [6.45, 7) is 0.540. The number of fused-ring (bicyclic) bond motifs is 2. The van der Waals surface area contributed by atoms with E-state index in [1.54, 1.807) is 30.3 Å². The fourth-order valence-corrected chi connectivity index (χ4v) is 4.45. The molecular weight excluding hydrogens is 342 g/mol. The predicted molar refractivity (Wildman–Crippen MR) is 101 cm³/mol. The van der Waals surface area contributed by atoms with E-state index in [0.29, 0.717) is 24.2 Å². The molecule has 0 saturated carbocycles. The van der Waals surface area contributed by atoms with E-state index in [0.717, 1.165) is 31.2 Å². The molecule has 2 fully saturated rings. The number of aromatic hydroxyl groups is 1. The second-order valence-corrected chi connectivity index (χ2v) is 7.56. The van der Waals surface area contributed by atoms with E-state index in [-0.39, 0.29) is 17.8 Å². The van der Waals surface area contributed by atoms with Gasteiger partial charge in [0, 0.05) is 31.5 Å². The Hall–Kier alpha value is -2.37. The molecule has 2 heterocycles. The summed E-state index contributed by atoms with van der Waals surface area (Å²) in [6.07, 6.45) is 3.05. The van der Waals surface area contributed by atoms with E-state index in [1.165, 1.54) is 0 Å². The molecule has 0 radical (unpaired) electrons. The van der Waals surface area contributed by atoms with Crippen LogP contribution in [0.15, 0.2) is 54.6 Å². The van der Waals surface area contributed by atoms with Gasteiger partial charge in [-0.25, -0.2) is 4.79 Å². The van der Waals surface area contributed by atoms with Crippen LogP contribution in [-0.2, 0) is 4.74 Å².